The normalized spacial score (nSPS) is 13.5. The summed E-state index contributed by atoms with van der Waals surface area (Å²) in [5.41, 5.74) is 0. The van der Waals surface area contributed by atoms with E-state index in [0.717, 1.165) is 18.5 Å². The van der Waals surface area contributed by atoms with E-state index in [4.69, 9.17) is 0 Å². The minimum atomic E-state index is 0.728. The molecule has 1 atom stereocenters. The lowest BCUT2D eigenvalue weighted by molar-refractivity contribution is 0.376. The zero-order valence-electron chi connectivity index (χ0n) is 10.3. The lowest BCUT2D eigenvalue weighted by Gasteiger charge is -2.21. The van der Waals surface area contributed by atoms with Crippen molar-refractivity contribution in [2.45, 2.75) is 53.0 Å². The standard InChI is InChI=1S/C12H27NS/c1-5-13-12(11(3)4)9-7-8-10-14-6-2/h11-13H,5-10H2,1-4H3. The topological polar surface area (TPSA) is 12.0 Å². The predicted molar refractivity (Wildman–Crippen MR) is 69.2 cm³/mol. The van der Waals surface area contributed by atoms with Crippen molar-refractivity contribution in [1.29, 1.82) is 0 Å². The maximum atomic E-state index is 3.57. The molecule has 0 bridgehead atoms. The Morgan fingerprint density at radius 2 is 1.86 bits per heavy atom. The summed E-state index contributed by atoms with van der Waals surface area (Å²) in [6.07, 6.45) is 4.10. The van der Waals surface area contributed by atoms with Crippen LogP contribution in [-0.2, 0) is 0 Å². The molecule has 0 aromatic carbocycles. The van der Waals surface area contributed by atoms with Gasteiger partial charge in [0.25, 0.3) is 0 Å². The summed E-state index contributed by atoms with van der Waals surface area (Å²) in [4.78, 5) is 0. The summed E-state index contributed by atoms with van der Waals surface area (Å²) in [6.45, 7) is 10.2. The molecule has 0 aliphatic rings. The third-order valence-electron chi connectivity index (χ3n) is 2.53. The van der Waals surface area contributed by atoms with Crippen LogP contribution in [-0.4, -0.2) is 24.1 Å². The van der Waals surface area contributed by atoms with Gasteiger partial charge in [0, 0.05) is 6.04 Å². The molecular formula is C12H27NS. The Kier molecular flexibility index (Phi) is 10.1. The van der Waals surface area contributed by atoms with E-state index in [1.165, 1.54) is 30.8 Å². The maximum Gasteiger partial charge on any atom is 0.00899 e. The summed E-state index contributed by atoms with van der Waals surface area (Å²) in [5, 5.41) is 3.57. The molecule has 2 heteroatoms. The van der Waals surface area contributed by atoms with Gasteiger partial charge in [-0.1, -0.05) is 34.1 Å². The van der Waals surface area contributed by atoms with Crippen molar-refractivity contribution in [3.8, 4) is 0 Å². The Morgan fingerprint density at radius 1 is 1.14 bits per heavy atom. The fraction of sp³-hybridized carbons (Fsp3) is 1.00. The molecule has 1 unspecified atom stereocenters. The summed E-state index contributed by atoms with van der Waals surface area (Å²) < 4.78 is 0. The van der Waals surface area contributed by atoms with Crippen molar-refractivity contribution in [1.82, 2.24) is 5.32 Å². The van der Waals surface area contributed by atoms with E-state index in [9.17, 15) is 0 Å². The van der Waals surface area contributed by atoms with Gasteiger partial charge in [0.1, 0.15) is 0 Å². The summed E-state index contributed by atoms with van der Waals surface area (Å²) in [7, 11) is 0. The quantitative estimate of drug-likeness (QED) is 0.593. The predicted octanol–water partition coefficient (Wildman–Crippen LogP) is 3.54. The Labute approximate surface area is 94.4 Å². The third-order valence-corrected chi connectivity index (χ3v) is 3.51. The molecule has 14 heavy (non-hydrogen) atoms. The van der Waals surface area contributed by atoms with Crippen LogP contribution in [0.4, 0.5) is 0 Å². The molecule has 0 aliphatic heterocycles. The minimum Gasteiger partial charge on any atom is -0.314 e. The first-order valence-electron chi connectivity index (χ1n) is 6.03. The summed E-state index contributed by atoms with van der Waals surface area (Å²) >= 11 is 2.06. The van der Waals surface area contributed by atoms with E-state index < -0.39 is 0 Å². The van der Waals surface area contributed by atoms with Crippen LogP contribution in [0.25, 0.3) is 0 Å². The number of unbranched alkanes of at least 4 members (excludes halogenated alkanes) is 1. The fourth-order valence-electron chi connectivity index (χ4n) is 1.65. The van der Waals surface area contributed by atoms with Crippen molar-refractivity contribution >= 4 is 11.8 Å². The van der Waals surface area contributed by atoms with Crippen molar-refractivity contribution < 1.29 is 0 Å². The fourth-order valence-corrected chi connectivity index (χ4v) is 2.34. The summed E-state index contributed by atoms with van der Waals surface area (Å²) in [5.74, 6) is 3.38. The highest BCUT2D eigenvalue weighted by molar-refractivity contribution is 7.99. The lowest BCUT2D eigenvalue weighted by atomic mass is 9.98. The number of hydrogen-bond donors (Lipinski definition) is 1. The third kappa shape index (κ3) is 7.69. The molecule has 0 aromatic rings. The Morgan fingerprint density at radius 3 is 2.36 bits per heavy atom. The van der Waals surface area contributed by atoms with Crippen molar-refractivity contribution in [2.24, 2.45) is 5.92 Å². The van der Waals surface area contributed by atoms with E-state index in [-0.39, 0.29) is 0 Å². The molecule has 0 fully saturated rings. The zero-order chi connectivity index (χ0) is 10.8. The van der Waals surface area contributed by atoms with E-state index in [0.29, 0.717) is 0 Å². The van der Waals surface area contributed by atoms with Crippen molar-refractivity contribution in [2.75, 3.05) is 18.1 Å². The molecule has 0 radical (unpaired) electrons. The second kappa shape index (κ2) is 9.85. The summed E-state index contributed by atoms with van der Waals surface area (Å²) in [6, 6.07) is 0.728. The molecule has 0 saturated heterocycles. The van der Waals surface area contributed by atoms with E-state index in [1.54, 1.807) is 0 Å². The molecule has 0 spiro atoms. The molecule has 1 nitrogen and oxygen atoms in total. The van der Waals surface area contributed by atoms with Crippen LogP contribution >= 0.6 is 11.8 Å². The highest BCUT2D eigenvalue weighted by Gasteiger charge is 2.10. The highest BCUT2D eigenvalue weighted by Crippen LogP contribution is 2.12. The number of thioether (sulfide) groups is 1. The molecule has 0 aromatic heterocycles. The van der Waals surface area contributed by atoms with Crippen molar-refractivity contribution in [3.05, 3.63) is 0 Å². The van der Waals surface area contributed by atoms with Gasteiger partial charge in [-0.25, -0.2) is 0 Å². The van der Waals surface area contributed by atoms with Gasteiger partial charge >= 0.3 is 0 Å². The van der Waals surface area contributed by atoms with Gasteiger partial charge in [0.05, 0.1) is 0 Å². The molecule has 0 rings (SSSR count). The van der Waals surface area contributed by atoms with Crippen LogP contribution in [0.5, 0.6) is 0 Å². The second-order valence-electron chi connectivity index (χ2n) is 4.10. The highest BCUT2D eigenvalue weighted by atomic mass is 32.2. The molecule has 86 valence electrons. The molecular weight excluding hydrogens is 190 g/mol. The average Bonchev–Trinajstić information content (AvgIpc) is 2.15. The first-order chi connectivity index (χ1) is 6.72. The van der Waals surface area contributed by atoms with Crippen LogP contribution in [0.15, 0.2) is 0 Å². The van der Waals surface area contributed by atoms with Gasteiger partial charge in [-0.05, 0) is 36.8 Å². The van der Waals surface area contributed by atoms with E-state index in [2.05, 4.69) is 44.8 Å². The lowest BCUT2D eigenvalue weighted by Crippen LogP contribution is -2.33. The largest absolute Gasteiger partial charge is 0.314 e. The Balaban J connectivity index is 3.41. The SMILES string of the molecule is CCNC(CCCCSCC)C(C)C. The van der Waals surface area contributed by atoms with Crippen LogP contribution in [0.3, 0.4) is 0 Å². The van der Waals surface area contributed by atoms with Crippen LogP contribution < -0.4 is 5.32 Å². The maximum absolute atomic E-state index is 3.57. The smallest absolute Gasteiger partial charge is 0.00899 e. The van der Waals surface area contributed by atoms with E-state index in [1.807, 2.05) is 0 Å². The first-order valence-corrected chi connectivity index (χ1v) is 7.18. The molecule has 0 amide bonds. The van der Waals surface area contributed by atoms with Gasteiger partial charge in [-0.2, -0.15) is 11.8 Å². The molecule has 0 aliphatic carbocycles. The van der Waals surface area contributed by atoms with Gasteiger partial charge in [0.2, 0.25) is 0 Å². The van der Waals surface area contributed by atoms with Gasteiger partial charge in [-0.15, -0.1) is 0 Å². The van der Waals surface area contributed by atoms with Gasteiger partial charge in [-0.3, -0.25) is 0 Å². The number of rotatable bonds is 9. The molecule has 0 heterocycles. The average molecular weight is 217 g/mol. The zero-order valence-corrected chi connectivity index (χ0v) is 11.1. The monoisotopic (exact) mass is 217 g/mol. The Bertz CT molecular complexity index is 115. The van der Waals surface area contributed by atoms with Gasteiger partial charge in [0.15, 0.2) is 0 Å². The minimum absolute atomic E-state index is 0.728. The number of nitrogens with one attached hydrogen (secondary N) is 1. The first kappa shape index (κ1) is 14.3. The molecule has 0 saturated carbocycles. The van der Waals surface area contributed by atoms with Crippen LogP contribution in [0.1, 0.15) is 47.0 Å². The molecule has 1 N–H and O–H groups in total. The van der Waals surface area contributed by atoms with Crippen molar-refractivity contribution in [3.63, 3.8) is 0 Å². The second-order valence-corrected chi connectivity index (χ2v) is 5.49. The number of hydrogen-bond acceptors (Lipinski definition) is 2. The van der Waals surface area contributed by atoms with Gasteiger partial charge < -0.3 is 5.32 Å². The van der Waals surface area contributed by atoms with Crippen LogP contribution in [0.2, 0.25) is 0 Å². The van der Waals surface area contributed by atoms with E-state index >= 15 is 0 Å². The van der Waals surface area contributed by atoms with Crippen LogP contribution in [0, 0.1) is 5.92 Å². The Hall–Kier alpha value is 0.310.